The van der Waals surface area contributed by atoms with E-state index in [1.165, 1.54) is 0 Å². The van der Waals surface area contributed by atoms with Crippen molar-refractivity contribution < 1.29 is 5.11 Å². The van der Waals surface area contributed by atoms with E-state index in [9.17, 15) is 5.11 Å². The maximum Gasteiger partial charge on any atom is 0.247 e. The van der Waals surface area contributed by atoms with Gasteiger partial charge in [-0.15, -0.1) is 10.6 Å². The monoisotopic (exact) mass is 366 g/mol. The smallest absolute Gasteiger partial charge is 0.247 e. The summed E-state index contributed by atoms with van der Waals surface area (Å²) in [6.45, 7) is 0. The molecule has 3 aromatic rings. The Kier molecular flexibility index (Phi) is 3.95. The first-order valence-electron chi connectivity index (χ1n) is 9.23. The van der Waals surface area contributed by atoms with Gasteiger partial charge in [-0.1, -0.05) is 6.07 Å². The number of anilines is 5. The molecule has 1 aliphatic carbocycles. The molecule has 0 radical (unpaired) electrons. The summed E-state index contributed by atoms with van der Waals surface area (Å²) in [5.41, 5.74) is 12.5. The van der Waals surface area contributed by atoms with Crippen LogP contribution >= 0.6 is 0 Å². The van der Waals surface area contributed by atoms with Gasteiger partial charge >= 0.3 is 0 Å². The van der Waals surface area contributed by atoms with E-state index in [-0.39, 0.29) is 6.10 Å². The van der Waals surface area contributed by atoms with Crippen LogP contribution in [-0.4, -0.2) is 31.9 Å². The molecule has 1 aliphatic heterocycles. The zero-order chi connectivity index (χ0) is 18.2. The van der Waals surface area contributed by atoms with Crippen LogP contribution in [0.25, 0.3) is 5.65 Å². The maximum absolute atomic E-state index is 9.69. The summed E-state index contributed by atoms with van der Waals surface area (Å²) in [5, 5.41) is 21.1. The number of rotatable bonds is 4. The zero-order valence-corrected chi connectivity index (χ0v) is 14.7. The lowest BCUT2D eigenvalue weighted by Crippen LogP contribution is -2.29. The van der Waals surface area contributed by atoms with Crippen LogP contribution < -0.4 is 27.0 Å². The highest BCUT2D eigenvalue weighted by molar-refractivity contribution is 5.77. The zero-order valence-electron chi connectivity index (χ0n) is 14.7. The molecule has 0 unspecified atom stereocenters. The molecule has 140 valence electrons. The van der Waals surface area contributed by atoms with Crippen LogP contribution in [0.1, 0.15) is 25.7 Å². The Balaban J connectivity index is 1.37. The fourth-order valence-corrected chi connectivity index (χ4v) is 3.63. The van der Waals surface area contributed by atoms with Crippen LogP contribution in [0.15, 0.2) is 36.4 Å². The molecule has 2 aromatic heterocycles. The van der Waals surface area contributed by atoms with Gasteiger partial charge in [-0.2, -0.15) is 9.50 Å². The van der Waals surface area contributed by atoms with Crippen molar-refractivity contribution in [3.63, 3.8) is 0 Å². The highest BCUT2D eigenvalue weighted by atomic mass is 16.3. The minimum absolute atomic E-state index is 0.159. The van der Waals surface area contributed by atoms with Crippen molar-refractivity contribution in [3.05, 3.63) is 36.4 Å². The molecule has 0 amide bonds. The number of benzene rings is 1. The summed E-state index contributed by atoms with van der Waals surface area (Å²) in [6.07, 6.45) is 3.44. The van der Waals surface area contributed by atoms with E-state index >= 15 is 0 Å². The lowest BCUT2D eigenvalue weighted by atomic mass is 9.93. The number of fused-ring (bicyclic) bond motifs is 2. The van der Waals surface area contributed by atoms with E-state index in [1.54, 1.807) is 0 Å². The van der Waals surface area contributed by atoms with Gasteiger partial charge in [0.15, 0.2) is 5.65 Å². The summed E-state index contributed by atoms with van der Waals surface area (Å²) >= 11 is 0. The first-order valence-corrected chi connectivity index (χ1v) is 9.23. The largest absolute Gasteiger partial charge is 0.393 e. The average molecular weight is 366 g/mol. The SMILES string of the molecule is OC1CCC(Nc2cccc3nc(Nc4ccc5c(c4)NNN5)nn23)CC1. The molecule has 0 bridgehead atoms. The molecule has 1 fully saturated rings. The molecule has 0 saturated heterocycles. The van der Waals surface area contributed by atoms with E-state index in [0.717, 1.165) is 54.2 Å². The molecular weight excluding hydrogens is 344 g/mol. The summed E-state index contributed by atoms with van der Waals surface area (Å²) in [5.74, 6) is 1.46. The molecule has 0 atom stereocenters. The predicted molar refractivity (Wildman–Crippen MR) is 105 cm³/mol. The van der Waals surface area contributed by atoms with Crippen molar-refractivity contribution in [2.75, 3.05) is 21.5 Å². The standard InChI is InChI=1S/C18H22N8O/c27-13-7-4-11(5-8-13)19-16-2-1-3-17-21-18(24-26(16)17)20-12-6-9-14-15(10-12)23-25-22-14/h1-3,6,9-11,13,19,22-23,25,27H,4-5,7-8H2,(H,20,24). The topological polar surface area (TPSA) is 111 Å². The van der Waals surface area contributed by atoms with E-state index in [4.69, 9.17) is 0 Å². The summed E-state index contributed by atoms with van der Waals surface area (Å²) in [7, 11) is 0. The number of aromatic nitrogens is 3. The number of nitrogens with zero attached hydrogens (tertiary/aromatic N) is 3. The van der Waals surface area contributed by atoms with Crippen LogP contribution in [0, 0.1) is 0 Å². The molecule has 2 aliphatic rings. The van der Waals surface area contributed by atoms with Gasteiger partial charge in [0.1, 0.15) is 5.82 Å². The van der Waals surface area contributed by atoms with Gasteiger partial charge in [-0.3, -0.25) is 0 Å². The Labute approximate surface area is 156 Å². The van der Waals surface area contributed by atoms with E-state index in [2.05, 4.69) is 37.1 Å². The van der Waals surface area contributed by atoms with Crippen LogP contribution in [0.2, 0.25) is 0 Å². The van der Waals surface area contributed by atoms with Crippen molar-refractivity contribution in [2.45, 2.75) is 37.8 Å². The van der Waals surface area contributed by atoms with E-state index in [0.29, 0.717) is 12.0 Å². The van der Waals surface area contributed by atoms with Crippen LogP contribution in [0.5, 0.6) is 0 Å². The summed E-state index contributed by atoms with van der Waals surface area (Å²) in [6, 6.07) is 12.2. The third kappa shape index (κ3) is 3.22. The molecule has 1 aromatic carbocycles. The highest BCUT2D eigenvalue weighted by Gasteiger charge is 2.20. The van der Waals surface area contributed by atoms with Crippen LogP contribution in [0.4, 0.5) is 28.8 Å². The number of nitrogens with one attached hydrogen (secondary N) is 5. The molecule has 6 N–H and O–H groups in total. The number of aliphatic hydroxyl groups excluding tert-OH is 1. The average Bonchev–Trinajstić information content (AvgIpc) is 3.30. The van der Waals surface area contributed by atoms with Crippen LogP contribution in [-0.2, 0) is 0 Å². The minimum Gasteiger partial charge on any atom is -0.393 e. The summed E-state index contributed by atoms with van der Waals surface area (Å²) in [4.78, 5) is 4.58. The van der Waals surface area contributed by atoms with Gasteiger partial charge in [-0.05, 0) is 56.0 Å². The Bertz CT molecular complexity index is 963. The molecule has 9 nitrogen and oxygen atoms in total. The highest BCUT2D eigenvalue weighted by Crippen LogP contribution is 2.29. The van der Waals surface area contributed by atoms with Crippen molar-refractivity contribution >= 4 is 34.5 Å². The lowest BCUT2D eigenvalue weighted by molar-refractivity contribution is 0.126. The van der Waals surface area contributed by atoms with Gasteiger partial charge in [0.2, 0.25) is 5.95 Å². The Morgan fingerprint density at radius 2 is 1.89 bits per heavy atom. The predicted octanol–water partition coefficient (Wildman–Crippen LogP) is 2.45. The Hall–Kier alpha value is -3.04. The fraction of sp³-hybridized carbons (Fsp3) is 0.333. The van der Waals surface area contributed by atoms with Crippen molar-refractivity contribution in [1.82, 2.24) is 20.1 Å². The van der Waals surface area contributed by atoms with Crippen molar-refractivity contribution in [1.29, 1.82) is 0 Å². The van der Waals surface area contributed by atoms with Crippen molar-refractivity contribution in [3.8, 4) is 0 Å². The summed E-state index contributed by atoms with van der Waals surface area (Å²) < 4.78 is 1.82. The third-order valence-electron chi connectivity index (χ3n) is 5.08. The Morgan fingerprint density at radius 3 is 2.78 bits per heavy atom. The molecular formula is C18H22N8O. The van der Waals surface area contributed by atoms with Crippen molar-refractivity contribution in [2.24, 2.45) is 0 Å². The second-order valence-corrected chi connectivity index (χ2v) is 7.03. The molecule has 0 spiro atoms. The van der Waals surface area contributed by atoms with Gasteiger partial charge in [-0.25, -0.2) is 0 Å². The third-order valence-corrected chi connectivity index (χ3v) is 5.08. The molecule has 5 rings (SSSR count). The molecule has 1 saturated carbocycles. The molecule has 9 heteroatoms. The van der Waals surface area contributed by atoms with Gasteiger partial charge < -0.3 is 26.6 Å². The van der Waals surface area contributed by atoms with E-state index < -0.39 is 0 Å². The second-order valence-electron chi connectivity index (χ2n) is 7.03. The van der Waals surface area contributed by atoms with Gasteiger partial charge in [0, 0.05) is 11.7 Å². The van der Waals surface area contributed by atoms with Gasteiger partial charge in [0.25, 0.3) is 0 Å². The van der Waals surface area contributed by atoms with Crippen LogP contribution in [0.3, 0.4) is 0 Å². The Morgan fingerprint density at radius 1 is 1.04 bits per heavy atom. The quantitative estimate of drug-likeness (QED) is 0.418. The number of aliphatic hydroxyl groups is 1. The minimum atomic E-state index is -0.159. The fourth-order valence-electron chi connectivity index (χ4n) is 3.63. The normalized spacial score (nSPS) is 21.4. The second kappa shape index (κ2) is 6.60. The first kappa shape index (κ1) is 16.2. The van der Waals surface area contributed by atoms with Gasteiger partial charge in [0.05, 0.1) is 17.5 Å². The lowest BCUT2D eigenvalue weighted by Gasteiger charge is -2.26. The number of hydrogen-bond donors (Lipinski definition) is 6. The maximum atomic E-state index is 9.69. The number of hydrazine groups is 2. The molecule has 27 heavy (non-hydrogen) atoms. The van der Waals surface area contributed by atoms with E-state index in [1.807, 2.05) is 40.9 Å². The molecule has 3 heterocycles. The number of pyridine rings is 1. The first-order chi connectivity index (χ1) is 13.2. The number of hydrogen-bond acceptors (Lipinski definition) is 8.